The van der Waals surface area contributed by atoms with Crippen molar-refractivity contribution in [1.82, 2.24) is 0 Å². The van der Waals surface area contributed by atoms with Gasteiger partial charge >= 0.3 is 6.16 Å². The van der Waals surface area contributed by atoms with E-state index in [4.69, 9.17) is 14.2 Å². The molecular weight excluding hydrogens is 484 g/mol. The molecule has 0 bridgehead atoms. The minimum atomic E-state index is -0.476. The van der Waals surface area contributed by atoms with Crippen LogP contribution in [-0.4, -0.2) is 32.1 Å². The fourth-order valence-electron chi connectivity index (χ4n) is 9.71. The Kier molecular flexibility index (Phi) is 10.9. The molecule has 224 valence electrons. The molecule has 0 aromatic heterocycles. The fourth-order valence-corrected chi connectivity index (χ4v) is 9.71. The number of fused-ring (bicyclic) bond motifs is 5. The summed E-state index contributed by atoms with van der Waals surface area (Å²) in [6, 6.07) is 0. The Labute approximate surface area is 240 Å². The summed E-state index contributed by atoms with van der Waals surface area (Å²) in [5.41, 5.74) is 2.40. The van der Waals surface area contributed by atoms with Gasteiger partial charge in [0, 0.05) is 19.6 Å². The Morgan fingerprint density at radius 3 is 2.51 bits per heavy atom. The first-order valence-electron chi connectivity index (χ1n) is 16.8. The topological polar surface area (TPSA) is 44.8 Å². The van der Waals surface area contributed by atoms with E-state index in [-0.39, 0.29) is 11.5 Å². The predicted molar refractivity (Wildman–Crippen MR) is 160 cm³/mol. The summed E-state index contributed by atoms with van der Waals surface area (Å²) in [5.74, 6) is 5.14. The third-order valence-electron chi connectivity index (χ3n) is 11.9. The zero-order valence-corrected chi connectivity index (χ0v) is 26.3. The van der Waals surface area contributed by atoms with Gasteiger partial charge in [-0.3, -0.25) is 0 Å². The molecule has 4 aliphatic rings. The Bertz CT molecular complexity index is 819. The normalized spacial score (nSPS) is 36.5. The molecule has 4 nitrogen and oxygen atoms in total. The van der Waals surface area contributed by atoms with Crippen molar-refractivity contribution in [3.8, 4) is 0 Å². The lowest BCUT2D eigenvalue weighted by atomic mass is 9.47. The van der Waals surface area contributed by atoms with Gasteiger partial charge < -0.3 is 14.2 Å². The number of rotatable bonds is 13. The smallest absolute Gasteiger partial charge is 0.434 e. The van der Waals surface area contributed by atoms with E-state index in [1.54, 1.807) is 5.57 Å². The summed E-state index contributed by atoms with van der Waals surface area (Å²) in [5, 5.41) is 0. The third kappa shape index (κ3) is 7.07. The molecule has 0 heterocycles. The first kappa shape index (κ1) is 30.9. The van der Waals surface area contributed by atoms with Crippen molar-refractivity contribution >= 4 is 6.16 Å². The van der Waals surface area contributed by atoms with Crippen LogP contribution in [0.2, 0.25) is 0 Å². The standard InChI is InChI=1S/C35H60O4/c1-7-37-22-9-8-10-23-38-33(36)39-28-18-20-34(5)27(24-28)14-15-29-31-17-16-30(26(4)13-11-12-25(2)3)35(31,6)21-19-32(29)34/h14,25-26,28-32H,7-13,15-24H2,1-6H3/t26-,28+,29+,30-,31+,32+,34+,35-/m1/s1. The third-order valence-corrected chi connectivity index (χ3v) is 11.9. The van der Waals surface area contributed by atoms with Crippen molar-refractivity contribution in [3.05, 3.63) is 11.6 Å². The van der Waals surface area contributed by atoms with Crippen LogP contribution >= 0.6 is 0 Å². The molecule has 8 atom stereocenters. The van der Waals surface area contributed by atoms with Gasteiger partial charge in [-0.05, 0) is 117 Å². The van der Waals surface area contributed by atoms with E-state index in [1.165, 1.54) is 51.4 Å². The second kappa shape index (κ2) is 13.8. The van der Waals surface area contributed by atoms with Crippen LogP contribution in [0.1, 0.15) is 131 Å². The minimum Gasteiger partial charge on any atom is -0.434 e. The average Bonchev–Trinajstić information content (AvgIpc) is 3.25. The van der Waals surface area contributed by atoms with E-state index < -0.39 is 6.16 Å². The van der Waals surface area contributed by atoms with E-state index >= 15 is 0 Å². The van der Waals surface area contributed by atoms with Crippen molar-refractivity contribution in [2.75, 3.05) is 19.8 Å². The van der Waals surface area contributed by atoms with Gasteiger partial charge in [0.2, 0.25) is 0 Å². The van der Waals surface area contributed by atoms with Crippen LogP contribution in [0, 0.1) is 46.3 Å². The first-order valence-corrected chi connectivity index (χ1v) is 16.8. The van der Waals surface area contributed by atoms with E-state index in [0.29, 0.717) is 12.0 Å². The molecule has 4 aliphatic carbocycles. The average molecular weight is 545 g/mol. The Balaban J connectivity index is 1.29. The highest BCUT2D eigenvalue weighted by Gasteiger charge is 2.59. The predicted octanol–water partition coefficient (Wildman–Crippen LogP) is 9.76. The second-order valence-corrected chi connectivity index (χ2v) is 14.6. The molecular formula is C35H60O4. The van der Waals surface area contributed by atoms with Crippen LogP contribution in [0.4, 0.5) is 4.79 Å². The maximum atomic E-state index is 12.4. The highest BCUT2D eigenvalue weighted by molar-refractivity contribution is 5.60. The molecule has 0 unspecified atom stereocenters. The van der Waals surface area contributed by atoms with Crippen LogP contribution in [0.3, 0.4) is 0 Å². The molecule has 0 aromatic carbocycles. The van der Waals surface area contributed by atoms with Crippen molar-refractivity contribution in [2.24, 2.45) is 46.3 Å². The van der Waals surface area contributed by atoms with Crippen LogP contribution in [0.15, 0.2) is 11.6 Å². The lowest BCUT2D eigenvalue weighted by Gasteiger charge is -2.58. The van der Waals surface area contributed by atoms with E-state index in [2.05, 4.69) is 40.7 Å². The lowest BCUT2D eigenvalue weighted by Crippen LogP contribution is -2.51. The minimum absolute atomic E-state index is 0.0252. The Hall–Kier alpha value is -1.03. The van der Waals surface area contributed by atoms with Gasteiger partial charge in [0.15, 0.2) is 0 Å². The van der Waals surface area contributed by atoms with Crippen molar-refractivity contribution in [2.45, 2.75) is 138 Å². The zero-order chi connectivity index (χ0) is 28.0. The van der Waals surface area contributed by atoms with Crippen LogP contribution in [0.5, 0.6) is 0 Å². The van der Waals surface area contributed by atoms with Gasteiger partial charge in [0.1, 0.15) is 6.10 Å². The van der Waals surface area contributed by atoms with Crippen LogP contribution in [-0.2, 0) is 14.2 Å². The molecule has 0 amide bonds. The number of hydrogen-bond donors (Lipinski definition) is 0. The van der Waals surface area contributed by atoms with E-state index in [1.807, 2.05) is 6.92 Å². The maximum Gasteiger partial charge on any atom is 0.508 e. The molecule has 3 saturated carbocycles. The van der Waals surface area contributed by atoms with Crippen molar-refractivity contribution in [1.29, 1.82) is 0 Å². The fraction of sp³-hybridized carbons (Fsp3) is 0.914. The number of carbonyl (C=O) groups excluding carboxylic acids is 1. The second-order valence-electron chi connectivity index (χ2n) is 14.6. The molecule has 0 radical (unpaired) electrons. The zero-order valence-electron chi connectivity index (χ0n) is 26.3. The highest BCUT2D eigenvalue weighted by atomic mass is 16.7. The highest BCUT2D eigenvalue weighted by Crippen LogP contribution is 2.67. The quantitative estimate of drug-likeness (QED) is 0.131. The van der Waals surface area contributed by atoms with Gasteiger partial charge in [-0.15, -0.1) is 0 Å². The maximum absolute atomic E-state index is 12.4. The number of ether oxygens (including phenoxy) is 3. The van der Waals surface area contributed by atoms with Gasteiger partial charge in [-0.1, -0.05) is 65.5 Å². The van der Waals surface area contributed by atoms with Gasteiger partial charge in [0.25, 0.3) is 0 Å². The SMILES string of the molecule is CCOCCCCCOC(=O)O[C@H]1CC[C@@]2(C)C(=CC[C@H]3[C@@H]4CC[C@H]([C@H](C)CCCC(C)C)[C@@]4(C)CC[C@@H]32)C1. The van der Waals surface area contributed by atoms with Crippen LogP contribution in [0.25, 0.3) is 0 Å². The molecule has 4 rings (SSSR count). The molecule has 4 heteroatoms. The molecule has 3 fully saturated rings. The number of hydrogen-bond acceptors (Lipinski definition) is 4. The molecule has 39 heavy (non-hydrogen) atoms. The number of unbranched alkanes of at least 4 members (excludes halogenated alkanes) is 2. The number of allylic oxidation sites excluding steroid dienone is 1. The molecule has 0 N–H and O–H groups in total. The summed E-state index contributed by atoms with van der Waals surface area (Å²) < 4.78 is 16.6. The number of carbonyl (C=O) groups is 1. The largest absolute Gasteiger partial charge is 0.508 e. The van der Waals surface area contributed by atoms with E-state index in [0.717, 1.165) is 87.2 Å². The van der Waals surface area contributed by atoms with Gasteiger partial charge in [-0.25, -0.2) is 4.79 Å². The van der Waals surface area contributed by atoms with Crippen molar-refractivity contribution in [3.63, 3.8) is 0 Å². The molecule has 0 aromatic rings. The molecule has 0 saturated heterocycles. The molecule has 0 spiro atoms. The van der Waals surface area contributed by atoms with Gasteiger partial charge in [0.05, 0.1) is 6.61 Å². The van der Waals surface area contributed by atoms with Crippen LogP contribution < -0.4 is 0 Å². The van der Waals surface area contributed by atoms with Crippen molar-refractivity contribution < 1.29 is 19.0 Å². The lowest BCUT2D eigenvalue weighted by molar-refractivity contribution is -0.0617. The molecule has 0 aliphatic heterocycles. The summed E-state index contributed by atoms with van der Waals surface area (Å²) in [6.07, 6.45) is 19.1. The Morgan fingerprint density at radius 2 is 1.74 bits per heavy atom. The first-order chi connectivity index (χ1) is 18.7. The van der Waals surface area contributed by atoms with Gasteiger partial charge in [-0.2, -0.15) is 0 Å². The summed E-state index contributed by atoms with van der Waals surface area (Å²) >= 11 is 0. The Morgan fingerprint density at radius 1 is 0.949 bits per heavy atom. The summed E-state index contributed by atoms with van der Waals surface area (Å²) in [6.45, 7) is 16.5. The van der Waals surface area contributed by atoms with E-state index in [9.17, 15) is 4.79 Å². The summed E-state index contributed by atoms with van der Waals surface area (Å²) in [4.78, 5) is 12.4. The monoisotopic (exact) mass is 544 g/mol. The summed E-state index contributed by atoms with van der Waals surface area (Å²) in [7, 11) is 0.